The van der Waals surface area contributed by atoms with Gasteiger partial charge in [0, 0.05) is 0 Å². The molecule has 0 unspecified atom stereocenters. The van der Waals surface area contributed by atoms with Crippen molar-refractivity contribution in [2.75, 3.05) is 0 Å². The second-order valence-corrected chi connectivity index (χ2v) is 3.19. The molecule has 5 heteroatoms. The zero-order chi connectivity index (χ0) is 10.7. The lowest BCUT2D eigenvalue weighted by Gasteiger charge is -2.06. The van der Waals surface area contributed by atoms with Crippen LogP contribution in [0.15, 0.2) is 0 Å². The van der Waals surface area contributed by atoms with E-state index in [4.69, 9.17) is 35.0 Å². The molecule has 0 atom stereocenters. The Bertz CT molecular complexity index is 416. The van der Waals surface area contributed by atoms with E-state index in [2.05, 4.69) is 9.83 Å². The Labute approximate surface area is 91.7 Å². The molecule has 0 aliphatic carbocycles. The van der Waals surface area contributed by atoms with Crippen molar-refractivity contribution in [2.24, 2.45) is 0 Å². The number of halogens is 2. The highest BCUT2D eigenvalue weighted by atomic mass is 35.5. The molecule has 0 amide bonds. The molecular weight excluding hydrogens is 221 g/mol. The summed E-state index contributed by atoms with van der Waals surface area (Å²) >= 11 is 11.4. The van der Waals surface area contributed by atoms with E-state index >= 15 is 0 Å². The fraction of sp³-hybridized carbons (Fsp3) is 0.222. The smallest absolute Gasteiger partial charge is 0.228 e. The number of nitrogens with zero attached hydrogens (tertiary/aromatic N) is 3. The van der Waals surface area contributed by atoms with E-state index in [1.807, 2.05) is 13.0 Å². The van der Waals surface area contributed by atoms with Crippen LogP contribution in [0.3, 0.4) is 0 Å². The van der Waals surface area contributed by atoms with Crippen LogP contribution in [0.25, 0.3) is 4.85 Å². The molecule has 70 valence electrons. The monoisotopic (exact) mass is 225 g/mol. The first kappa shape index (κ1) is 10.8. The molecule has 0 bridgehead atoms. The Morgan fingerprint density at radius 2 is 2.14 bits per heavy atom. The van der Waals surface area contributed by atoms with Gasteiger partial charge in [0.1, 0.15) is 16.4 Å². The maximum absolute atomic E-state index is 8.82. The van der Waals surface area contributed by atoms with Crippen molar-refractivity contribution >= 4 is 28.9 Å². The molecule has 0 aliphatic heterocycles. The summed E-state index contributed by atoms with van der Waals surface area (Å²) in [5.74, 6) is 0. The molecule has 0 radical (unpaired) electrons. The molecule has 0 fully saturated rings. The van der Waals surface area contributed by atoms with E-state index in [0.29, 0.717) is 12.0 Å². The first-order valence-corrected chi connectivity index (χ1v) is 4.56. The lowest BCUT2D eigenvalue weighted by molar-refractivity contribution is 1.11. The number of hydrogen-bond acceptors (Lipinski definition) is 2. The first-order valence-electron chi connectivity index (χ1n) is 3.81. The number of pyridine rings is 1. The van der Waals surface area contributed by atoms with Crippen LogP contribution in [0.4, 0.5) is 5.69 Å². The SMILES string of the molecule is [C-]#[N+]c1c(Cl)nc(Cl)c(C#N)c1CC. The Hall–Kier alpha value is -1.29. The summed E-state index contributed by atoms with van der Waals surface area (Å²) in [6.07, 6.45) is 0.530. The number of nitriles is 1. The number of rotatable bonds is 1. The van der Waals surface area contributed by atoms with Gasteiger partial charge in [-0.2, -0.15) is 5.26 Å². The molecule has 3 nitrogen and oxygen atoms in total. The fourth-order valence-electron chi connectivity index (χ4n) is 1.13. The van der Waals surface area contributed by atoms with E-state index in [9.17, 15) is 0 Å². The topological polar surface area (TPSA) is 41.0 Å². The zero-order valence-corrected chi connectivity index (χ0v) is 8.82. The van der Waals surface area contributed by atoms with Crippen LogP contribution < -0.4 is 0 Å². The fourth-order valence-corrected chi connectivity index (χ4v) is 1.66. The summed E-state index contributed by atoms with van der Waals surface area (Å²) in [7, 11) is 0. The second-order valence-electron chi connectivity index (χ2n) is 2.47. The van der Waals surface area contributed by atoms with Gasteiger partial charge in [-0.25, -0.2) is 9.83 Å². The van der Waals surface area contributed by atoms with Crippen molar-refractivity contribution in [3.05, 3.63) is 32.9 Å². The highest BCUT2D eigenvalue weighted by molar-refractivity contribution is 6.35. The van der Waals surface area contributed by atoms with Crippen molar-refractivity contribution in [1.82, 2.24) is 4.98 Å². The van der Waals surface area contributed by atoms with E-state index in [0.717, 1.165) is 0 Å². The van der Waals surface area contributed by atoms with Gasteiger partial charge in [0.15, 0.2) is 0 Å². The van der Waals surface area contributed by atoms with E-state index in [1.165, 1.54) is 0 Å². The van der Waals surface area contributed by atoms with Gasteiger partial charge in [-0.15, -0.1) is 0 Å². The first-order chi connectivity index (χ1) is 6.65. The van der Waals surface area contributed by atoms with E-state index in [-0.39, 0.29) is 21.6 Å². The Morgan fingerprint density at radius 3 is 2.57 bits per heavy atom. The van der Waals surface area contributed by atoms with Gasteiger partial charge in [-0.3, -0.25) is 0 Å². The minimum atomic E-state index is 0.0563. The summed E-state index contributed by atoms with van der Waals surface area (Å²) in [5.41, 5.74) is 1.02. The maximum Gasteiger partial charge on any atom is 0.228 e. The lowest BCUT2D eigenvalue weighted by Crippen LogP contribution is -1.93. The summed E-state index contributed by atoms with van der Waals surface area (Å²) in [4.78, 5) is 6.95. The minimum Gasteiger partial charge on any atom is -0.235 e. The van der Waals surface area contributed by atoms with Crippen molar-refractivity contribution in [3.63, 3.8) is 0 Å². The van der Waals surface area contributed by atoms with Crippen LogP contribution in [0.5, 0.6) is 0 Å². The van der Waals surface area contributed by atoms with Crippen LogP contribution in [-0.4, -0.2) is 4.98 Å². The summed E-state index contributed by atoms with van der Waals surface area (Å²) < 4.78 is 0. The van der Waals surface area contributed by atoms with Gasteiger partial charge in [0.2, 0.25) is 5.69 Å². The van der Waals surface area contributed by atoms with Crippen LogP contribution in [0.2, 0.25) is 10.3 Å². The summed E-state index contributed by atoms with van der Waals surface area (Å²) in [6, 6.07) is 1.92. The maximum atomic E-state index is 8.82. The van der Waals surface area contributed by atoms with Gasteiger partial charge in [0.05, 0.1) is 12.1 Å². The highest BCUT2D eigenvalue weighted by Gasteiger charge is 2.16. The molecule has 0 saturated carbocycles. The van der Waals surface area contributed by atoms with E-state index in [1.54, 1.807) is 0 Å². The quantitative estimate of drug-likeness (QED) is 0.544. The minimum absolute atomic E-state index is 0.0563. The highest BCUT2D eigenvalue weighted by Crippen LogP contribution is 2.33. The lowest BCUT2D eigenvalue weighted by atomic mass is 10.1. The molecule has 1 aromatic rings. The second kappa shape index (κ2) is 4.28. The molecular formula is C9H5Cl2N3. The van der Waals surface area contributed by atoms with Gasteiger partial charge < -0.3 is 0 Å². The van der Waals surface area contributed by atoms with E-state index < -0.39 is 0 Å². The van der Waals surface area contributed by atoms with Crippen LogP contribution in [0, 0.1) is 17.9 Å². The van der Waals surface area contributed by atoms with Gasteiger partial charge in [0.25, 0.3) is 0 Å². The third kappa shape index (κ3) is 1.65. The normalized spacial score (nSPS) is 9.21. The molecule has 1 rings (SSSR count). The van der Waals surface area contributed by atoms with Crippen LogP contribution in [-0.2, 0) is 6.42 Å². The Balaban J connectivity index is 3.64. The molecule has 0 spiro atoms. The third-order valence-electron chi connectivity index (χ3n) is 1.76. The number of hydrogen-bond donors (Lipinski definition) is 0. The Morgan fingerprint density at radius 1 is 1.50 bits per heavy atom. The summed E-state index contributed by atoms with van der Waals surface area (Å²) in [6.45, 7) is 8.75. The number of aromatic nitrogens is 1. The molecule has 0 aromatic carbocycles. The van der Waals surface area contributed by atoms with Crippen molar-refractivity contribution in [2.45, 2.75) is 13.3 Å². The van der Waals surface area contributed by atoms with Crippen LogP contribution in [0.1, 0.15) is 18.1 Å². The molecule has 0 N–H and O–H groups in total. The molecule has 1 aromatic heterocycles. The molecule has 1 heterocycles. The van der Waals surface area contributed by atoms with Crippen molar-refractivity contribution < 1.29 is 0 Å². The average molecular weight is 226 g/mol. The molecule has 0 saturated heterocycles. The average Bonchev–Trinajstić information content (AvgIpc) is 2.16. The predicted octanol–water partition coefficient (Wildman–Crippen LogP) is 3.37. The van der Waals surface area contributed by atoms with Gasteiger partial charge in [-0.05, 0) is 12.0 Å². The molecule has 0 aliphatic rings. The predicted molar refractivity (Wildman–Crippen MR) is 54.6 cm³/mol. The van der Waals surface area contributed by atoms with Crippen LogP contribution >= 0.6 is 23.2 Å². The van der Waals surface area contributed by atoms with Gasteiger partial charge >= 0.3 is 0 Å². The Kier molecular flexibility index (Phi) is 3.30. The van der Waals surface area contributed by atoms with Crippen molar-refractivity contribution in [1.29, 1.82) is 5.26 Å². The molecule has 14 heavy (non-hydrogen) atoms. The van der Waals surface area contributed by atoms with Gasteiger partial charge in [-0.1, -0.05) is 30.1 Å². The summed E-state index contributed by atoms with van der Waals surface area (Å²) in [5, 5.41) is 8.93. The third-order valence-corrected chi connectivity index (χ3v) is 2.30. The zero-order valence-electron chi connectivity index (χ0n) is 7.30. The largest absolute Gasteiger partial charge is 0.235 e. The van der Waals surface area contributed by atoms with Crippen molar-refractivity contribution in [3.8, 4) is 6.07 Å². The standard InChI is InChI=1S/C9H5Cl2N3/c1-3-5-6(4-12)8(10)14-9(11)7(5)13-2/h3H2,1H3.